The van der Waals surface area contributed by atoms with Crippen LogP contribution in [0, 0.1) is 6.92 Å². The number of methoxy groups -OCH3 is 1. The number of primary amides is 1. The van der Waals surface area contributed by atoms with Gasteiger partial charge in [-0.3, -0.25) is 4.79 Å². The van der Waals surface area contributed by atoms with Crippen molar-refractivity contribution >= 4 is 45.9 Å². The molecule has 17 heteroatoms. The topological polar surface area (TPSA) is 180 Å². The van der Waals surface area contributed by atoms with Crippen molar-refractivity contribution < 1.29 is 56.4 Å². The number of carbonyl (C=O) groups is 4. The molecular formula is C37H38F3N5O8S. The average molecular weight is 770 g/mol. The summed E-state index contributed by atoms with van der Waals surface area (Å²) in [6, 6.07) is 19.0. The maximum Gasteiger partial charge on any atom is 0.430 e. The fourth-order valence-corrected chi connectivity index (χ4v) is 6.20. The summed E-state index contributed by atoms with van der Waals surface area (Å²) >= 11 is 1.62. The highest BCUT2D eigenvalue weighted by Crippen LogP contribution is 2.23. The Morgan fingerprint density at radius 1 is 1.02 bits per heavy atom. The van der Waals surface area contributed by atoms with Crippen molar-refractivity contribution in [2.45, 2.75) is 58.6 Å². The molecule has 5 rings (SSSR count). The van der Waals surface area contributed by atoms with Crippen LogP contribution in [0.3, 0.4) is 0 Å². The number of aryl methyl sites for hydroxylation is 1. The number of carboxylic acids is 1. The van der Waals surface area contributed by atoms with Crippen molar-refractivity contribution in [2.24, 2.45) is 5.73 Å². The number of nitrogens with one attached hydrogen (secondary N) is 1. The predicted octanol–water partition coefficient (Wildman–Crippen LogP) is 4.35. The lowest BCUT2D eigenvalue weighted by Crippen LogP contribution is -2.50. The summed E-state index contributed by atoms with van der Waals surface area (Å²) in [5.74, 6) is -3.34. The molecule has 1 atom stereocenters. The summed E-state index contributed by atoms with van der Waals surface area (Å²) in [4.78, 5) is 51.7. The minimum absolute atomic E-state index is 0.0493. The van der Waals surface area contributed by atoms with E-state index in [0.717, 1.165) is 32.4 Å². The minimum Gasteiger partial charge on any atom is -0.542 e. The molecule has 286 valence electrons. The van der Waals surface area contributed by atoms with Crippen molar-refractivity contribution in [3.63, 3.8) is 0 Å². The van der Waals surface area contributed by atoms with Gasteiger partial charge in [0.2, 0.25) is 5.91 Å². The number of anilines is 1. The van der Waals surface area contributed by atoms with Crippen LogP contribution < -0.4 is 25.3 Å². The van der Waals surface area contributed by atoms with Crippen LogP contribution in [0.4, 0.5) is 23.7 Å². The molecule has 4 N–H and O–H groups in total. The fourth-order valence-electron chi connectivity index (χ4n) is 5.25. The molecule has 13 nitrogen and oxygen atoms in total. The second kappa shape index (κ2) is 17.6. The number of carboxylic acid groups (broad SMARTS) is 1. The van der Waals surface area contributed by atoms with E-state index in [2.05, 4.69) is 9.88 Å². The zero-order valence-electron chi connectivity index (χ0n) is 29.6. The van der Waals surface area contributed by atoms with Crippen molar-refractivity contribution in [1.29, 1.82) is 0 Å². The van der Waals surface area contributed by atoms with Crippen molar-refractivity contribution in [2.75, 3.05) is 12.4 Å². The molecule has 0 fully saturated rings. The summed E-state index contributed by atoms with van der Waals surface area (Å²) in [5.41, 5.74) is 9.24. The van der Waals surface area contributed by atoms with Crippen LogP contribution >= 0.6 is 11.3 Å². The van der Waals surface area contributed by atoms with Crippen LogP contribution in [-0.4, -0.2) is 63.9 Å². The molecule has 0 bridgehead atoms. The number of nitrogens with two attached hydrogens (primary N) is 1. The van der Waals surface area contributed by atoms with Gasteiger partial charge >= 0.3 is 23.1 Å². The van der Waals surface area contributed by atoms with Crippen LogP contribution in [0.25, 0.3) is 4.96 Å². The lowest BCUT2D eigenvalue weighted by atomic mass is 10.0. The van der Waals surface area contributed by atoms with Gasteiger partial charge in [-0.2, -0.15) is 17.6 Å². The van der Waals surface area contributed by atoms with Crippen molar-refractivity contribution in [3.8, 4) is 11.5 Å². The van der Waals surface area contributed by atoms with E-state index in [4.69, 9.17) is 25.1 Å². The Morgan fingerprint density at radius 3 is 2.24 bits per heavy atom. The molecule has 0 aliphatic carbocycles. The average Bonchev–Trinajstić information content (AvgIpc) is 3.62. The van der Waals surface area contributed by atoms with E-state index < -0.39 is 36.1 Å². The summed E-state index contributed by atoms with van der Waals surface area (Å²) in [7, 11) is 1.62. The third kappa shape index (κ3) is 11.0. The van der Waals surface area contributed by atoms with Gasteiger partial charge in [-0.1, -0.05) is 35.6 Å². The third-order valence-electron chi connectivity index (χ3n) is 7.74. The van der Waals surface area contributed by atoms with E-state index >= 15 is 0 Å². The highest BCUT2D eigenvalue weighted by Gasteiger charge is 2.33. The normalized spacial score (nSPS) is 11.7. The summed E-state index contributed by atoms with van der Waals surface area (Å²) in [6.07, 6.45) is -1.37. The first-order valence-electron chi connectivity index (χ1n) is 16.3. The smallest absolute Gasteiger partial charge is 0.430 e. The molecule has 2 aromatic heterocycles. The zero-order valence-corrected chi connectivity index (χ0v) is 30.4. The number of hydrogen-bond acceptors (Lipinski definition) is 9. The first-order valence-corrected chi connectivity index (χ1v) is 17.1. The van der Waals surface area contributed by atoms with Crippen LogP contribution in [0.5, 0.6) is 11.5 Å². The number of halogens is 3. The highest BCUT2D eigenvalue weighted by molar-refractivity contribution is 7.16. The number of thiazole rings is 1. The van der Waals surface area contributed by atoms with E-state index in [1.54, 1.807) is 68.7 Å². The Morgan fingerprint density at radius 2 is 1.67 bits per heavy atom. The molecule has 0 radical (unpaired) electrons. The van der Waals surface area contributed by atoms with Crippen LogP contribution in [0.1, 0.15) is 45.9 Å². The van der Waals surface area contributed by atoms with Gasteiger partial charge < -0.3 is 40.4 Å². The second-order valence-electron chi connectivity index (χ2n) is 12.3. The number of aromatic hydroxyl groups is 1. The Hall–Kier alpha value is -6.10. The largest absolute Gasteiger partial charge is 0.542 e. The molecular weight excluding hydrogens is 731 g/mol. The molecule has 0 aliphatic heterocycles. The number of aromatic nitrogens is 2. The van der Waals surface area contributed by atoms with Gasteiger partial charge in [0.15, 0.2) is 5.69 Å². The molecule has 0 saturated carbocycles. The number of carbonyl (C=O) groups excluding carboxylic acids is 4. The number of esters is 1. The summed E-state index contributed by atoms with van der Waals surface area (Å²) in [6.45, 7) is 6.11. The standard InChI is InChI=1S/C35H37N5O6S.C2HF3O2/c1-22(2)46-33(43)26-10-12-27(13-11-26)37-34(44)40(31(32(36)42)17-24-8-14-29(41)15-9-24)21-28-20-38-18-23(3)47-35(38)39(28)19-25-6-5-7-30(16-25)45-4;3-2(4,5)1(6)7/h5-16,18,20,22,31H,17,19,21H2,1-4H3,(H3-,36,37,41,42,43,44);(H,6,7)/t31-;/m0./s1. The lowest BCUT2D eigenvalue weighted by molar-refractivity contribution is -0.506. The number of hydrogen-bond donors (Lipinski definition) is 3. The van der Waals surface area contributed by atoms with Crippen LogP contribution in [-0.2, 0) is 33.8 Å². The number of urea groups is 1. The van der Waals surface area contributed by atoms with Gasteiger partial charge in [0.25, 0.3) is 0 Å². The Kier molecular flexibility index (Phi) is 13.3. The van der Waals surface area contributed by atoms with Crippen LogP contribution in [0.2, 0.25) is 0 Å². The van der Waals surface area contributed by atoms with Crippen LogP contribution in [0.15, 0.2) is 85.2 Å². The Bertz CT molecular complexity index is 2100. The van der Waals surface area contributed by atoms with Gasteiger partial charge in [-0.15, -0.1) is 0 Å². The molecule has 2 heterocycles. The van der Waals surface area contributed by atoms with Crippen molar-refractivity contribution in [1.82, 2.24) is 9.47 Å². The van der Waals surface area contributed by atoms with Crippen molar-refractivity contribution in [3.05, 3.63) is 112 Å². The Labute approximate surface area is 312 Å². The third-order valence-corrected chi connectivity index (χ3v) is 8.79. The number of aliphatic carboxylic acids is 1. The molecule has 5 aromatic rings. The molecule has 3 amide bonds. The fraction of sp³-hybridized carbons (Fsp3) is 0.270. The van der Waals surface area contributed by atoms with E-state index in [9.17, 15) is 32.7 Å². The van der Waals surface area contributed by atoms with E-state index in [1.807, 2.05) is 48.0 Å². The van der Waals surface area contributed by atoms with Gasteiger partial charge in [0.05, 0.1) is 25.3 Å². The molecule has 0 unspecified atom stereocenters. The number of rotatable bonds is 12. The number of amides is 3. The lowest BCUT2D eigenvalue weighted by Gasteiger charge is -2.29. The number of phenolic OH excluding ortho intramolecular Hbond substituents is 1. The molecule has 0 saturated heterocycles. The molecule has 0 spiro atoms. The summed E-state index contributed by atoms with van der Waals surface area (Å²) < 4.78 is 46.4. The highest BCUT2D eigenvalue weighted by atomic mass is 32.1. The molecule has 54 heavy (non-hydrogen) atoms. The Balaban J connectivity index is 0.000000845. The number of ether oxygens (including phenoxy) is 2. The number of imidazole rings is 1. The van der Waals surface area contributed by atoms with E-state index in [0.29, 0.717) is 17.8 Å². The number of benzene rings is 3. The SMILES string of the molecule is COc1cccc(Cn2c(CN(C(=O)Nc3ccc(C(=O)OC(C)C)cc3)[C@@H](Cc3ccc(O)cc3)C(N)=O)c[n+]3cc(C)sc23)c1.O=C([O-])C(F)(F)F. The first-order chi connectivity index (χ1) is 25.4. The maximum absolute atomic E-state index is 14.1. The van der Waals surface area contributed by atoms with Gasteiger partial charge in [-0.05, 0) is 80.4 Å². The predicted molar refractivity (Wildman–Crippen MR) is 190 cm³/mol. The minimum atomic E-state index is -5.19. The molecule has 0 aliphatic rings. The number of phenols is 1. The van der Waals surface area contributed by atoms with Gasteiger partial charge in [-0.25, -0.2) is 14.2 Å². The van der Waals surface area contributed by atoms with E-state index in [1.165, 1.54) is 17.0 Å². The summed E-state index contributed by atoms with van der Waals surface area (Å²) in [5, 5.41) is 21.5. The van der Waals surface area contributed by atoms with Gasteiger partial charge in [0.1, 0.15) is 42.4 Å². The number of alkyl halides is 3. The maximum atomic E-state index is 14.1. The second-order valence-corrected chi connectivity index (χ2v) is 13.5. The van der Waals surface area contributed by atoms with E-state index in [-0.39, 0.29) is 24.8 Å². The zero-order chi connectivity index (χ0) is 39.7. The monoisotopic (exact) mass is 769 g/mol. The molecule has 3 aromatic carbocycles. The number of fused-ring (bicyclic) bond motifs is 1. The quantitative estimate of drug-likeness (QED) is 0.124. The van der Waals surface area contributed by atoms with Gasteiger partial charge in [0, 0.05) is 17.0 Å². The first kappa shape index (κ1) is 40.7. The number of nitrogens with zero attached hydrogens (tertiary/aromatic N) is 3.